The zero-order valence-electron chi connectivity index (χ0n) is 11.2. The lowest BCUT2D eigenvalue weighted by Crippen LogP contribution is -2.36. The molecule has 19 heavy (non-hydrogen) atoms. The zero-order valence-corrected chi connectivity index (χ0v) is 12.0. The molecule has 0 spiro atoms. The summed E-state index contributed by atoms with van der Waals surface area (Å²) < 4.78 is 23.8. The number of nitrogens with two attached hydrogens (primary N) is 1. The maximum absolute atomic E-state index is 12.5. The van der Waals surface area contributed by atoms with Gasteiger partial charge in [-0.25, -0.2) is 0 Å². The number of benzene rings is 1. The smallest absolute Gasteiger partial charge is 0.162 e. The van der Waals surface area contributed by atoms with E-state index in [4.69, 9.17) is 15.2 Å². The van der Waals surface area contributed by atoms with Gasteiger partial charge in [-0.05, 0) is 17.5 Å². The Morgan fingerprint density at radius 2 is 1.84 bits per heavy atom. The van der Waals surface area contributed by atoms with Crippen LogP contribution >= 0.6 is 0 Å². The van der Waals surface area contributed by atoms with E-state index in [1.807, 2.05) is 19.1 Å². The van der Waals surface area contributed by atoms with Crippen molar-refractivity contribution >= 4 is 10.8 Å². The van der Waals surface area contributed by atoms with Crippen molar-refractivity contribution in [3.05, 3.63) is 17.7 Å². The standard InChI is InChI=1S/C14H19NO3S/c1-8-9(2)19(16)13-7-12-11(6-10(13)14(8)15)17-4-3-5-18-12/h6-9,14H,3-5,15H2,1-2H3. The molecule has 0 saturated heterocycles. The third kappa shape index (κ3) is 2.05. The van der Waals surface area contributed by atoms with Crippen molar-refractivity contribution < 1.29 is 13.7 Å². The third-order valence-corrected chi connectivity index (χ3v) is 5.99. The van der Waals surface area contributed by atoms with E-state index in [1.165, 1.54) is 0 Å². The van der Waals surface area contributed by atoms with Gasteiger partial charge in [-0.15, -0.1) is 0 Å². The first kappa shape index (κ1) is 12.9. The first-order valence-corrected chi connectivity index (χ1v) is 7.90. The fourth-order valence-corrected chi connectivity index (χ4v) is 4.22. The zero-order chi connectivity index (χ0) is 13.6. The molecule has 0 radical (unpaired) electrons. The molecule has 0 aliphatic carbocycles. The van der Waals surface area contributed by atoms with Crippen molar-refractivity contribution in [1.29, 1.82) is 0 Å². The predicted octanol–water partition coefficient (Wildman–Crippen LogP) is 1.99. The molecule has 5 heteroatoms. The van der Waals surface area contributed by atoms with Gasteiger partial charge in [0, 0.05) is 28.7 Å². The van der Waals surface area contributed by atoms with E-state index < -0.39 is 10.8 Å². The summed E-state index contributed by atoms with van der Waals surface area (Å²) in [6.45, 7) is 5.33. The number of rotatable bonds is 0. The lowest BCUT2D eigenvalue weighted by molar-refractivity contribution is 0.296. The molecule has 3 rings (SSSR count). The van der Waals surface area contributed by atoms with Crippen molar-refractivity contribution in [1.82, 2.24) is 0 Å². The molecular weight excluding hydrogens is 262 g/mol. The van der Waals surface area contributed by atoms with Crippen molar-refractivity contribution in [3.63, 3.8) is 0 Å². The van der Waals surface area contributed by atoms with Gasteiger partial charge in [-0.3, -0.25) is 4.21 Å². The molecule has 4 nitrogen and oxygen atoms in total. The molecule has 2 aliphatic heterocycles. The van der Waals surface area contributed by atoms with Gasteiger partial charge in [0.15, 0.2) is 11.5 Å². The number of hydrogen-bond acceptors (Lipinski definition) is 4. The Bertz CT molecular complexity index is 532. The van der Waals surface area contributed by atoms with Gasteiger partial charge in [0.1, 0.15) is 0 Å². The molecule has 4 atom stereocenters. The molecule has 0 saturated carbocycles. The molecule has 104 valence electrons. The van der Waals surface area contributed by atoms with Crippen molar-refractivity contribution in [2.45, 2.75) is 36.5 Å². The van der Waals surface area contributed by atoms with Crippen molar-refractivity contribution in [3.8, 4) is 11.5 Å². The number of fused-ring (bicyclic) bond motifs is 2. The maximum Gasteiger partial charge on any atom is 0.162 e. The highest BCUT2D eigenvalue weighted by Crippen LogP contribution is 2.42. The van der Waals surface area contributed by atoms with Crippen molar-refractivity contribution in [2.75, 3.05) is 13.2 Å². The van der Waals surface area contributed by atoms with Gasteiger partial charge in [0.2, 0.25) is 0 Å². The summed E-state index contributed by atoms with van der Waals surface area (Å²) >= 11 is 0. The van der Waals surface area contributed by atoms with Gasteiger partial charge in [-0.1, -0.05) is 13.8 Å². The highest BCUT2D eigenvalue weighted by molar-refractivity contribution is 7.85. The maximum atomic E-state index is 12.5. The van der Waals surface area contributed by atoms with E-state index >= 15 is 0 Å². The quantitative estimate of drug-likeness (QED) is 0.790. The van der Waals surface area contributed by atoms with Crippen LogP contribution in [0.4, 0.5) is 0 Å². The summed E-state index contributed by atoms with van der Waals surface area (Å²) in [5.74, 6) is 1.61. The van der Waals surface area contributed by atoms with E-state index in [1.54, 1.807) is 0 Å². The predicted molar refractivity (Wildman–Crippen MR) is 74.0 cm³/mol. The van der Waals surface area contributed by atoms with Crippen LogP contribution in [0.15, 0.2) is 17.0 Å². The van der Waals surface area contributed by atoms with Crippen LogP contribution in [0.5, 0.6) is 11.5 Å². The molecular formula is C14H19NO3S. The van der Waals surface area contributed by atoms with E-state index in [0.29, 0.717) is 19.0 Å². The Hall–Kier alpha value is -1.07. The van der Waals surface area contributed by atoms with Crippen LogP contribution in [0.3, 0.4) is 0 Å². The second-order valence-corrected chi connectivity index (χ2v) is 7.05. The fraction of sp³-hybridized carbons (Fsp3) is 0.571. The molecule has 4 unspecified atom stereocenters. The van der Waals surface area contributed by atoms with Crippen LogP contribution in [0, 0.1) is 5.92 Å². The largest absolute Gasteiger partial charge is 0.490 e. The SMILES string of the molecule is CC1C(N)c2cc3c(cc2S(=O)C1C)OCCCO3. The van der Waals surface area contributed by atoms with Crippen molar-refractivity contribution in [2.24, 2.45) is 11.7 Å². The number of hydrogen-bond donors (Lipinski definition) is 1. The van der Waals surface area contributed by atoms with E-state index in [-0.39, 0.29) is 17.2 Å². The second kappa shape index (κ2) is 4.80. The summed E-state index contributed by atoms with van der Waals surface area (Å²) in [6, 6.07) is 3.68. The Kier molecular flexibility index (Phi) is 3.27. The van der Waals surface area contributed by atoms with Crippen LogP contribution in [0.25, 0.3) is 0 Å². The average molecular weight is 281 g/mol. The van der Waals surface area contributed by atoms with E-state index in [9.17, 15) is 4.21 Å². The molecule has 0 fully saturated rings. The Labute approximate surface area is 115 Å². The van der Waals surface area contributed by atoms with Crippen LogP contribution < -0.4 is 15.2 Å². The normalized spacial score (nSPS) is 33.4. The van der Waals surface area contributed by atoms with Crippen LogP contribution in [-0.4, -0.2) is 22.7 Å². The lowest BCUT2D eigenvalue weighted by atomic mass is 9.92. The van der Waals surface area contributed by atoms with E-state index in [0.717, 1.165) is 22.6 Å². The van der Waals surface area contributed by atoms with Crippen LogP contribution in [0.2, 0.25) is 0 Å². The summed E-state index contributed by atoms with van der Waals surface area (Å²) in [5.41, 5.74) is 7.22. The van der Waals surface area contributed by atoms with Gasteiger partial charge in [0.05, 0.1) is 24.0 Å². The Morgan fingerprint density at radius 1 is 1.21 bits per heavy atom. The summed E-state index contributed by atoms with van der Waals surface area (Å²) in [5, 5.41) is 0.0623. The fourth-order valence-electron chi connectivity index (χ4n) is 2.61. The molecule has 0 bridgehead atoms. The van der Waals surface area contributed by atoms with Crippen LogP contribution in [-0.2, 0) is 10.8 Å². The minimum Gasteiger partial charge on any atom is -0.490 e. The molecule has 2 aliphatic rings. The lowest BCUT2D eigenvalue weighted by Gasteiger charge is -2.33. The Balaban J connectivity index is 2.13. The van der Waals surface area contributed by atoms with E-state index in [2.05, 4.69) is 6.92 Å². The van der Waals surface area contributed by atoms with Gasteiger partial charge in [0.25, 0.3) is 0 Å². The number of ether oxygens (including phenoxy) is 2. The molecule has 1 aromatic carbocycles. The summed E-state index contributed by atoms with van der Waals surface area (Å²) in [6.07, 6.45) is 0.862. The molecule has 1 aromatic rings. The third-order valence-electron chi connectivity index (χ3n) is 4.10. The first-order valence-electron chi connectivity index (χ1n) is 6.69. The van der Waals surface area contributed by atoms with Gasteiger partial charge in [-0.2, -0.15) is 0 Å². The minimum absolute atomic E-state index is 0.0623. The molecule has 2 N–H and O–H groups in total. The molecule has 2 heterocycles. The summed E-state index contributed by atoms with van der Waals surface area (Å²) in [7, 11) is -1.03. The van der Waals surface area contributed by atoms with Gasteiger partial charge < -0.3 is 15.2 Å². The highest BCUT2D eigenvalue weighted by Gasteiger charge is 2.35. The monoisotopic (exact) mass is 281 g/mol. The minimum atomic E-state index is -1.03. The molecule has 0 aromatic heterocycles. The first-order chi connectivity index (χ1) is 9.09. The molecule has 0 amide bonds. The summed E-state index contributed by atoms with van der Waals surface area (Å²) in [4.78, 5) is 0.808. The highest BCUT2D eigenvalue weighted by atomic mass is 32.2. The van der Waals surface area contributed by atoms with Gasteiger partial charge >= 0.3 is 0 Å². The second-order valence-electron chi connectivity index (χ2n) is 5.27. The van der Waals surface area contributed by atoms with Crippen LogP contribution in [0.1, 0.15) is 31.9 Å². The average Bonchev–Trinajstić information content (AvgIpc) is 2.65. The topological polar surface area (TPSA) is 61.6 Å². The Morgan fingerprint density at radius 3 is 2.53 bits per heavy atom.